The second-order valence-electron chi connectivity index (χ2n) is 5.29. The Bertz CT molecular complexity index is 638. The molecule has 6 heteroatoms. The molecule has 1 aliphatic rings. The summed E-state index contributed by atoms with van der Waals surface area (Å²) >= 11 is 0. The van der Waals surface area contributed by atoms with E-state index in [2.05, 4.69) is 0 Å². The van der Waals surface area contributed by atoms with Crippen LogP contribution in [0.15, 0.2) is 42.5 Å². The first-order valence-corrected chi connectivity index (χ1v) is 7.07. The van der Waals surface area contributed by atoms with Crippen molar-refractivity contribution < 1.29 is 29.9 Å². The highest BCUT2D eigenvalue weighted by atomic mass is 16.7. The molecule has 1 heterocycles. The maximum atomic E-state index is 10.0. The Kier molecular flexibility index (Phi) is 4.28. The molecule has 0 unspecified atom stereocenters. The fraction of sp³-hybridized carbons (Fsp3) is 0.375. The zero-order valence-corrected chi connectivity index (χ0v) is 11.7. The van der Waals surface area contributed by atoms with E-state index in [0.29, 0.717) is 5.75 Å². The monoisotopic (exact) mass is 306 g/mol. The molecule has 0 bridgehead atoms. The van der Waals surface area contributed by atoms with Gasteiger partial charge in [-0.25, -0.2) is 0 Å². The third kappa shape index (κ3) is 2.67. The van der Waals surface area contributed by atoms with Crippen LogP contribution in [0.2, 0.25) is 0 Å². The second kappa shape index (κ2) is 6.20. The van der Waals surface area contributed by atoms with Gasteiger partial charge in [0.15, 0.2) is 0 Å². The molecule has 0 aromatic heterocycles. The fourth-order valence-electron chi connectivity index (χ4n) is 2.59. The summed E-state index contributed by atoms with van der Waals surface area (Å²) in [5.74, 6) is 0.488. The van der Waals surface area contributed by atoms with Crippen LogP contribution in [0.4, 0.5) is 0 Å². The molecule has 0 radical (unpaired) electrons. The molecule has 2 aromatic carbocycles. The number of ether oxygens (including phenoxy) is 2. The van der Waals surface area contributed by atoms with Gasteiger partial charge in [0.25, 0.3) is 0 Å². The minimum absolute atomic E-state index is 0.486. The van der Waals surface area contributed by atoms with Gasteiger partial charge in [-0.15, -0.1) is 0 Å². The van der Waals surface area contributed by atoms with E-state index in [9.17, 15) is 20.4 Å². The van der Waals surface area contributed by atoms with E-state index in [4.69, 9.17) is 9.47 Å². The summed E-state index contributed by atoms with van der Waals surface area (Å²) in [5, 5.41) is 40.5. The summed E-state index contributed by atoms with van der Waals surface area (Å²) in [6, 6.07) is 13.0. The molecule has 0 aliphatic carbocycles. The Morgan fingerprint density at radius 2 is 1.64 bits per heavy atom. The van der Waals surface area contributed by atoms with E-state index in [1.807, 2.05) is 36.4 Å². The molecule has 0 saturated carbocycles. The number of fused-ring (bicyclic) bond motifs is 1. The number of hydrogen-bond donors (Lipinski definition) is 4. The van der Waals surface area contributed by atoms with Crippen molar-refractivity contribution in [1.29, 1.82) is 0 Å². The molecular formula is C16H18O6. The maximum Gasteiger partial charge on any atom is 0.229 e. The average molecular weight is 306 g/mol. The Morgan fingerprint density at radius 1 is 0.909 bits per heavy atom. The van der Waals surface area contributed by atoms with Gasteiger partial charge in [-0.2, -0.15) is 0 Å². The van der Waals surface area contributed by atoms with Gasteiger partial charge in [0.2, 0.25) is 6.29 Å². The van der Waals surface area contributed by atoms with Crippen LogP contribution in [0.1, 0.15) is 0 Å². The van der Waals surface area contributed by atoms with Gasteiger partial charge in [-0.3, -0.25) is 0 Å². The Labute approximate surface area is 127 Å². The largest absolute Gasteiger partial charge is 0.461 e. The zero-order valence-electron chi connectivity index (χ0n) is 11.7. The third-order valence-electron chi connectivity index (χ3n) is 3.84. The Hall–Kier alpha value is -1.70. The van der Waals surface area contributed by atoms with Gasteiger partial charge in [0, 0.05) is 5.39 Å². The fourth-order valence-corrected chi connectivity index (χ4v) is 2.59. The lowest BCUT2D eigenvalue weighted by Gasteiger charge is -2.39. The van der Waals surface area contributed by atoms with Crippen molar-refractivity contribution in [2.75, 3.05) is 6.61 Å². The quantitative estimate of drug-likeness (QED) is 0.638. The summed E-state index contributed by atoms with van der Waals surface area (Å²) < 4.78 is 11.0. The first-order valence-electron chi connectivity index (χ1n) is 7.07. The zero-order chi connectivity index (χ0) is 15.7. The standard InChI is InChI=1S/C16H18O6/c17-8-12-13(18)14(19)15(20)16(22-12)21-11-7-3-5-9-4-1-2-6-10(9)11/h1-7,12-20H,8H2/t12-,13+,14-,15+,16+/m1/s1. The number of benzene rings is 2. The SMILES string of the molecule is OC[C@H]1O[C@H](Oc2cccc3ccccc23)[C@@H](O)[C@H](O)[C@H]1O. The van der Waals surface area contributed by atoms with Gasteiger partial charge in [0.05, 0.1) is 6.61 Å². The lowest BCUT2D eigenvalue weighted by atomic mass is 9.99. The molecule has 0 spiro atoms. The molecule has 2 aromatic rings. The summed E-state index contributed by atoms with van der Waals surface area (Å²) in [7, 11) is 0. The van der Waals surface area contributed by atoms with Gasteiger partial charge in [-0.1, -0.05) is 36.4 Å². The number of hydrogen-bond acceptors (Lipinski definition) is 6. The van der Waals surface area contributed by atoms with Crippen molar-refractivity contribution in [3.05, 3.63) is 42.5 Å². The summed E-state index contributed by atoms with van der Waals surface area (Å²) in [6.45, 7) is -0.486. The second-order valence-corrected chi connectivity index (χ2v) is 5.29. The first kappa shape index (κ1) is 15.2. The van der Waals surface area contributed by atoms with Crippen molar-refractivity contribution in [2.45, 2.75) is 30.7 Å². The predicted molar refractivity (Wildman–Crippen MR) is 78.3 cm³/mol. The summed E-state index contributed by atoms with van der Waals surface area (Å²) in [5.41, 5.74) is 0. The van der Waals surface area contributed by atoms with Gasteiger partial charge >= 0.3 is 0 Å². The summed E-state index contributed by atoms with van der Waals surface area (Å²) in [4.78, 5) is 0. The van der Waals surface area contributed by atoms with Crippen LogP contribution < -0.4 is 4.74 Å². The number of aliphatic hydroxyl groups excluding tert-OH is 4. The molecule has 22 heavy (non-hydrogen) atoms. The predicted octanol–water partition coefficient (Wildman–Crippen LogP) is 0.0185. The normalized spacial score (nSPS) is 32.1. The van der Waals surface area contributed by atoms with Gasteiger partial charge in [0.1, 0.15) is 30.2 Å². The minimum Gasteiger partial charge on any atom is -0.461 e. The molecule has 5 atom stereocenters. The average Bonchev–Trinajstić information content (AvgIpc) is 2.55. The van der Waals surface area contributed by atoms with Gasteiger partial charge in [-0.05, 0) is 11.5 Å². The summed E-state index contributed by atoms with van der Waals surface area (Å²) in [6.07, 6.45) is -6.44. The molecule has 1 aliphatic heterocycles. The molecule has 4 N–H and O–H groups in total. The molecular weight excluding hydrogens is 288 g/mol. The van der Waals surface area contributed by atoms with Crippen molar-refractivity contribution in [3.63, 3.8) is 0 Å². The van der Waals surface area contributed by atoms with Crippen LogP contribution in [0.5, 0.6) is 5.75 Å². The minimum atomic E-state index is -1.45. The van der Waals surface area contributed by atoms with E-state index >= 15 is 0 Å². The van der Waals surface area contributed by atoms with E-state index in [-0.39, 0.29) is 0 Å². The third-order valence-corrected chi connectivity index (χ3v) is 3.84. The molecule has 1 fully saturated rings. The van der Waals surface area contributed by atoms with E-state index in [0.717, 1.165) is 10.8 Å². The topological polar surface area (TPSA) is 99.4 Å². The molecule has 0 amide bonds. The van der Waals surface area contributed by atoms with Crippen molar-refractivity contribution in [3.8, 4) is 5.75 Å². The van der Waals surface area contributed by atoms with Crippen LogP contribution in [-0.2, 0) is 4.74 Å². The number of aliphatic hydroxyl groups is 4. The van der Waals surface area contributed by atoms with Crippen LogP contribution in [0, 0.1) is 0 Å². The highest BCUT2D eigenvalue weighted by molar-refractivity contribution is 5.88. The molecule has 1 saturated heterocycles. The molecule has 118 valence electrons. The Morgan fingerprint density at radius 3 is 2.41 bits per heavy atom. The van der Waals surface area contributed by atoms with Crippen LogP contribution in [0.25, 0.3) is 10.8 Å². The Balaban J connectivity index is 1.87. The lowest BCUT2D eigenvalue weighted by molar-refractivity contribution is -0.277. The molecule has 6 nitrogen and oxygen atoms in total. The van der Waals surface area contributed by atoms with Gasteiger partial charge < -0.3 is 29.9 Å². The van der Waals surface area contributed by atoms with Crippen molar-refractivity contribution >= 4 is 10.8 Å². The lowest BCUT2D eigenvalue weighted by Crippen LogP contribution is -2.60. The smallest absolute Gasteiger partial charge is 0.229 e. The van der Waals surface area contributed by atoms with Crippen LogP contribution in [-0.4, -0.2) is 57.7 Å². The van der Waals surface area contributed by atoms with E-state index in [1.165, 1.54) is 0 Å². The van der Waals surface area contributed by atoms with E-state index < -0.39 is 37.3 Å². The van der Waals surface area contributed by atoms with Crippen LogP contribution >= 0.6 is 0 Å². The molecule has 3 rings (SSSR count). The van der Waals surface area contributed by atoms with Crippen LogP contribution in [0.3, 0.4) is 0 Å². The van der Waals surface area contributed by atoms with Crippen molar-refractivity contribution in [1.82, 2.24) is 0 Å². The number of rotatable bonds is 3. The first-order chi connectivity index (χ1) is 10.6. The van der Waals surface area contributed by atoms with Crippen molar-refractivity contribution in [2.24, 2.45) is 0 Å². The highest BCUT2D eigenvalue weighted by Crippen LogP contribution is 2.29. The highest BCUT2D eigenvalue weighted by Gasteiger charge is 2.44. The maximum absolute atomic E-state index is 10.0. The van der Waals surface area contributed by atoms with E-state index in [1.54, 1.807) is 6.07 Å².